The SMILES string of the molecule is CCCn1c(C)c(C(=O)Cc2ccc(C(O)c3ccnc4cc(OC)ccc34)cc2)c(=O)n1-c1ccccc1.CCCn1c(C)c(C(=O)O)c(=O)n1-c1ccccc1.COc1ccc2c(C(O)c3ccc(Br)cc3)ccnc2c1.COc1ccc2c(C(O)c3ccc(N)cc3)ccnc2c1.COc1ccc2c(Cl)ccnc2c1.COc1ccc2c(S(=O)c3ccccc3)ccnc2c1. The maximum absolute atomic E-state index is 13.4. The molecular weight excluding hydrogens is 1780 g/mol. The van der Waals surface area contributed by atoms with Crippen molar-refractivity contribution in [2.45, 2.75) is 88.1 Å². The van der Waals surface area contributed by atoms with E-state index in [2.05, 4.69) is 40.8 Å². The van der Waals surface area contributed by atoms with E-state index >= 15 is 0 Å². The summed E-state index contributed by atoms with van der Waals surface area (Å²) in [6, 6.07) is 87.3. The normalized spacial score (nSPS) is 11.8. The van der Waals surface area contributed by atoms with Gasteiger partial charge in [0.15, 0.2) is 5.78 Å². The largest absolute Gasteiger partial charge is 0.497 e. The second-order valence-corrected chi connectivity index (χ2v) is 33.2. The summed E-state index contributed by atoms with van der Waals surface area (Å²) in [5.74, 6) is 2.34. The molecule has 27 heteroatoms. The number of carboxylic acids is 1. The number of aromatic carboxylic acids is 1. The number of aromatic nitrogens is 9. The predicted molar refractivity (Wildman–Crippen MR) is 526 cm³/mol. The van der Waals surface area contributed by atoms with Gasteiger partial charge >= 0.3 is 5.97 Å². The molecular formula is C106H98BrClN10O14S. The number of halogens is 2. The molecule has 0 fully saturated rings. The number of ether oxygens (including phenoxy) is 5. The van der Waals surface area contributed by atoms with Crippen molar-refractivity contribution in [2.75, 3.05) is 41.3 Å². The van der Waals surface area contributed by atoms with Gasteiger partial charge in [-0.3, -0.25) is 48.7 Å². The fourth-order valence-corrected chi connectivity index (χ4v) is 17.0. The highest BCUT2D eigenvalue weighted by atomic mass is 79.9. The molecule has 0 bridgehead atoms. The Hall–Kier alpha value is -14.8. The van der Waals surface area contributed by atoms with Crippen molar-refractivity contribution in [1.82, 2.24) is 43.6 Å². The molecule has 0 amide bonds. The lowest BCUT2D eigenvalue weighted by molar-refractivity contribution is 0.0694. The summed E-state index contributed by atoms with van der Waals surface area (Å²) in [4.78, 5) is 73.5. The maximum atomic E-state index is 13.4. The number of para-hydroxylation sites is 2. The number of nitrogen functional groups attached to an aromatic ring is 1. The van der Waals surface area contributed by atoms with E-state index < -0.39 is 40.6 Å². The molecule has 133 heavy (non-hydrogen) atoms. The number of ketones is 1. The summed E-state index contributed by atoms with van der Waals surface area (Å²) < 4.78 is 46.3. The summed E-state index contributed by atoms with van der Waals surface area (Å²) >= 11 is 9.37. The predicted octanol–water partition coefficient (Wildman–Crippen LogP) is 20.8. The summed E-state index contributed by atoms with van der Waals surface area (Å²) in [6.45, 7) is 8.76. The number of nitrogens with zero attached hydrogens (tertiary/aromatic N) is 9. The molecule has 0 spiro atoms. The number of pyridine rings is 5. The van der Waals surface area contributed by atoms with Crippen molar-refractivity contribution in [1.29, 1.82) is 0 Å². The minimum Gasteiger partial charge on any atom is -0.497 e. The smallest absolute Gasteiger partial charge is 0.343 e. The first-order valence-electron chi connectivity index (χ1n) is 42.5. The number of Topliss-reactive ketones (excluding diaryl/α,β-unsaturated/α-hetero) is 1. The Balaban J connectivity index is 0.000000140. The molecule has 0 aliphatic rings. The standard InChI is InChI=1S/C32H31N3O4.C17H14BrNO2.C17H16N2O2.C16H13NO2S.C14H16N2O3.C10H8ClNO/c1-4-18-34-21(2)30(32(38)35(34)24-8-6-5-7-9-24)29(36)19-22-10-12-23(13-11-22)31(37)27-16-17-33-28-20-25(39-3)14-15-26(27)28;2*1-21-13-6-7-14-15(8-9-19-16(14)10-13)17(20)11-2-4-12(18)5-3-11;1-19-12-7-8-14-15(11-12)17-10-9-16(14)20(18)13-5-3-2-4-6-13;1-3-9-15-10(2)12(14(18)19)13(17)16(15)11-7-5-4-6-8-11;1-13-7-2-3-8-9(11)4-5-12-10(8)6-7/h5-17,20,31,37H,4,18-19H2,1-3H3;2-10,17,20H,1H3;2-10,17,20H,18H2,1H3;2-11H,1H3;4-8H,3,9H2,1-2H3,(H,18,19);2-6H,1H3. The van der Waals surface area contributed by atoms with Gasteiger partial charge in [0.25, 0.3) is 11.1 Å². The van der Waals surface area contributed by atoms with Crippen LogP contribution in [0.2, 0.25) is 5.02 Å². The summed E-state index contributed by atoms with van der Waals surface area (Å²) in [5.41, 5.74) is 17.7. The lowest BCUT2D eigenvalue weighted by atomic mass is 9.96. The van der Waals surface area contributed by atoms with E-state index in [1.165, 1.54) is 4.68 Å². The van der Waals surface area contributed by atoms with Crippen molar-refractivity contribution < 1.29 is 57.9 Å². The van der Waals surface area contributed by atoms with E-state index in [-0.39, 0.29) is 28.9 Å². The van der Waals surface area contributed by atoms with Crippen LogP contribution in [-0.4, -0.2) is 116 Å². The van der Waals surface area contributed by atoms with Crippen molar-refractivity contribution >= 4 is 110 Å². The van der Waals surface area contributed by atoms with Crippen molar-refractivity contribution in [3.05, 3.63) is 408 Å². The number of hydrogen-bond donors (Lipinski definition) is 5. The topological polar surface area (TPSA) is 323 Å². The molecule has 18 aromatic rings. The minimum absolute atomic E-state index is 0.0926. The quantitative estimate of drug-likeness (QED) is 0.0293. The molecule has 676 valence electrons. The van der Waals surface area contributed by atoms with Crippen LogP contribution in [0, 0.1) is 13.8 Å². The third-order valence-corrected chi connectivity index (χ3v) is 24.4. The number of anilines is 1. The third-order valence-electron chi connectivity index (χ3n) is 22.1. The first kappa shape index (κ1) is 95.8. The van der Waals surface area contributed by atoms with Gasteiger partial charge in [-0.05, 0) is 217 Å². The number of hydrogen-bond acceptors (Lipinski definition) is 19. The molecule has 0 radical (unpaired) electrons. The van der Waals surface area contributed by atoms with Gasteiger partial charge in [-0.25, -0.2) is 18.4 Å². The number of benzene rings is 11. The van der Waals surface area contributed by atoms with E-state index in [4.69, 9.17) is 41.0 Å². The average Bonchev–Trinajstić information content (AvgIpc) is 1.63. The van der Waals surface area contributed by atoms with Gasteiger partial charge in [0.2, 0.25) is 0 Å². The van der Waals surface area contributed by atoms with Crippen molar-refractivity contribution in [3.8, 4) is 40.1 Å². The zero-order valence-electron chi connectivity index (χ0n) is 74.4. The van der Waals surface area contributed by atoms with Gasteiger partial charge in [0.1, 0.15) is 58.2 Å². The van der Waals surface area contributed by atoms with Crippen LogP contribution in [0.15, 0.2) is 340 Å². The van der Waals surface area contributed by atoms with Gasteiger partial charge in [-0.1, -0.05) is 145 Å². The van der Waals surface area contributed by atoms with Crippen LogP contribution in [0.4, 0.5) is 5.69 Å². The minimum atomic E-state index is -1.21. The number of rotatable bonds is 23. The first-order valence-corrected chi connectivity index (χ1v) is 44.8. The van der Waals surface area contributed by atoms with Gasteiger partial charge in [-0.15, -0.1) is 0 Å². The van der Waals surface area contributed by atoms with Gasteiger partial charge in [0, 0.05) is 129 Å². The molecule has 4 atom stereocenters. The summed E-state index contributed by atoms with van der Waals surface area (Å²) in [5, 5.41) is 46.8. The first-order chi connectivity index (χ1) is 64.5. The molecule has 0 aliphatic heterocycles. The third kappa shape index (κ3) is 22.6. The molecule has 0 saturated carbocycles. The average molecular weight is 1880 g/mol. The fraction of sp³-hybridized carbons (Fsp3) is 0.160. The van der Waals surface area contributed by atoms with Gasteiger partial charge in [-0.2, -0.15) is 0 Å². The number of aliphatic hydroxyl groups is 3. The molecule has 7 heterocycles. The maximum Gasteiger partial charge on any atom is 0.343 e. The highest BCUT2D eigenvalue weighted by Crippen LogP contribution is 2.36. The van der Waals surface area contributed by atoms with Crippen LogP contribution in [0.3, 0.4) is 0 Å². The van der Waals surface area contributed by atoms with Crippen LogP contribution in [-0.2, 0) is 30.3 Å². The van der Waals surface area contributed by atoms with E-state index in [9.17, 15) is 43.8 Å². The van der Waals surface area contributed by atoms with Crippen molar-refractivity contribution in [2.24, 2.45) is 0 Å². The summed E-state index contributed by atoms with van der Waals surface area (Å²) in [7, 11) is 6.89. The molecule has 7 aromatic heterocycles. The monoisotopic (exact) mass is 1880 g/mol. The van der Waals surface area contributed by atoms with Crippen LogP contribution in [0.1, 0.15) is 116 Å². The van der Waals surface area contributed by atoms with Crippen LogP contribution >= 0.6 is 27.5 Å². The number of methoxy groups -OCH3 is 5. The molecule has 11 aromatic carbocycles. The molecule has 0 saturated heterocycles. The van der Waals surface area contributed by atoms with Crippen LogP contribution in [0.5, 0.6) is 28.7 Å². The number of fused-ring (bicyclic) bond motifs is 5. The Morgan fingerprint density at radius 2 is 0.752 bits per heavy atom. The Kier molecular flexibility index (Phi) is 32.5. The number of carboxylic acid groups (broad SMARTS) is 1. The Morgan fingerprint density at radius 3 is 1.14 bits per heavy atom. The van der Waals surface area contributed by atoms with Gasteiger partial charge < -0.3 is 49.8 Å². The number of carbonyl (C=O) groups is 2. The molecule has 0 aliphatic carbocycles. The molecule has 6 N–H and O–H groups in total. The van der Waals surface area contributed by atoms with E-state index in [0.717, 1.165) is 144 Å². The number of carbonyl (C=O) groups excluding carboxylic acids is 1. The highest BCUT2D eigenvalue weighted by Gasteiger charge is 2.27. The van der Waals surface area contributed by atoms with Crippen molar-refractivity contribution in [3.63, 3.8) is 0 Å². The summed E-state index contributed by atoms with van der Waals surface area (Å²) in [6.07, 6.45) is 7.91. The van der Waals surface area contributed by atoms with E-state index in [1.807, 2.05) is 268 Å². The lowest BCUT2D eigenvalue weighted by Gasteiger charge is -2.15. The highest BCUT2D eigenvalue weighted by molar-refractivity contribution is 9.10. The lowest BCUT2D eigenvalue weighted by Crippen LogP contribution is -2.24. The zero-order chi connectivity index (χ0) is 94.4. The van der Waals surface area contributed by atoms with Gasteiger partial charge in [0.05, 0.1) is 101 Å². The molecule has 18 rings (SSSR count). The van der Waals surface area contributed by atoms with E-state index in [0.29, 0.717) is 52.2 Å². The number of aliphatic hydroxyl groups excluding tert-OH is 3. The Bertz CT molecular complexity index is 7120. The second-order valence-electron chi connectivity index (χ2n) is 30.4. The Labute approximate surface area is 783 Å². The van der Waals surface area contributed by atoms with E-state index in [1.54, 1.807) is 125 Å². The number of nitrogens with two attached hydrogens (primary N) is 1. The zero-order valence-corrected chi connectivity index (χ0v) is 77.6. The second kappa shape index (κ2) is 45.2. The molecule has 24 nitrogen and oxygen atoms in total. The fourth-order valence-electron chi connectivity index (χ4n) is 15.3. The van der Waals surface area contributed by atoms with Crippen LogP contribution in [0.25, 0.3) is 65.9 Å². The molecule has 4 unspecified atom stereocenters. The Morgan fingerprint density at radius 1 is 0.421 bits per heavy atom. The van der Waals surface area contributed by atoms with Crippen LogP contribution < -0.4 is 40.5 Å².